The Morgan fingerprint density at radius 2 is 1.71 bits per heavy atom. The highest BCUT2D eigenvalue weighted by molar-refractivity contribution is 6.01. The number of aryl methyl sites for hydroxylation is 1. The summed E-state index contributed by atoms with van der Waals surface area (Å²) >= 11 is 0. The van der Waals surface area contributed by atoms with E-state index in [1.165, 1.54) is 12.1 Å². The average molecular weight is 622 g/mol. The first-order valence-electron chi connectivity index (χ1n) is 15.0. The van der Waals surface area contributed by atoms with Gasteiger partial charge >= 0.3 is 12.3 Å². The Kier molecular flexibility index (Phi) is 8.82. The second kappa shape index (κ2) is 12.5. The predicted molar refractivity (Wildman–Crippen MR) is 163 cm³/mol. The molecule has 1 aromatic heterocycles. The van der Waals surface area contributed by atoms with Gasteiger partial charge in [0.1, 0.15) is 11.4 Å². The van der Waals surface area contributed by atoms with Gasteiger partial charge in [0, 0.05) is 24.1 Å². The number of aromatic nitrogens is 1. The van der Waals surface area contributed by atoms with Crippen molar-refractivity contribution in [3.8, 4) is 22.8 Å². The van der Waals surface area contributed by atoms with Gasteiger partial charge in [-0.25, -0.2) is 4.98 Å². The molecule has 238 valence electrons. The highest BCUT2D eigenvalue weighted by Crippen LogP contribution is 2.52. The number of esters is 1. The molecule has 2 amide bonds. The van der Waals surface area contributed by atoms with E-state index in [0.717, 1.165) is 18.4 Å². The normalized spacial score (nSPS) is 15.7. The maximum absolute atomic E-state index is 13.5. The molecule has 45 heavy (non-hydrogen) atoms. The minimum absolute atomic E-state index is 0.0731. The van der Waals surface area contributed by atoms with E-state index in [0.29, 0.717) is 60.4 Å². The fraction of sp³-hybridized carbons (Fsp3) is 0.412. The number of carbonyl (C=O) groups excluding carboxylic acids is 3. The van der Waals surface area contributed by atoms with Crippen molar-refractivity contribution < 1.29 is 37.4 Å². The van der Waals surface area contributed by atoms with Crippen LogP contribution in [0.3, 0.4) is 0 Å². The van der Waals surface area contributed by atoms with Gasteiger partial charge in [-0.1, -0.05) is 30.7 Å². The van der Waals surface area contributed by atoms with Gasteiger partial charge in [-0.15, -0.1) is 8.78 Å². The molecule has 0 unspecified atom stereocenters. The molecule has 2 aliphatic rings. The van der Waals surface area contributed by atoms with Crippen LogP contribution in [0.15, 0.2) is 54.6 Å². The largest absolute Gasteiger partial charge is 0.586 e. The van der Waals surface area contributed by atoms with E-state index in [2.05, 4.69) is 25.1 Å². The maximum Gasteiger partial charge on any atom is 0.586 e. The van der Waals surface area contributed by atoms with E-state index < -0.39 is 17.3 Å². The molecule has 0 saturated heterocycles. The molecule has 1 saturated carbocycles. The summed E-state index contributed by atoms with van der Waals surface area (Å²) in [6.07, 6.45) is -0.0770. The number of unbranched alkanes of at least 4 members (excludes halogenated alkanes) is 2. The molecule has 2 aromatic carbocycles. The van der Waals surface area contributed by atoms with Crippen LogP contribution in [-0.2, 0) is 19.7 Å². The van der Waals surface area contributed by atoms with Gasteiger partial charge < -0.3 is 24.8 Å². The Balaban J connectivity index is 1.18. The zero-order valence-corrected chi connectivity index (χ0v) is 25.8. The van der Waals surface area contributed by atoms with E-state index in [1.807, 2.05) is 39.8 Å². The number of ether oxygens (including phenoxy) is 3. The van der Waals surface area contributed by atoms with Crippen LogP contribution in [-0.4, -0.2) is 41.2 Å². The van der Waals surface area contributed by atoms with Crippen LogP contribution in [0.25, 0.3) is 11.3 Å². The number of fused-ring (bicyclic) bond motifs is 1. The lowest BCUT2D eigenvalue weighted by atomic mass is 9.94. The lowest BCUT2D eigenvalue weighted by molar-refractivity contribution is -0.286. The minimum atomic E-state index is -3.73. The molecule has 2 N–H and O–H groups in total. The Morgan fingerprint density at radius 1 is 0.956 bits per heavy atom. The van der Waals surface area contributed by atoms with Crippen LogP contribution in [0, 0.1) is 6.92 Å². The number of pyridine rings is 1. The Bertz CT molecular complexity index is 1610. The number of benzene rings is 2. The number of hydrogen-bond acceptors (Lipinski definition) is 7. The third kappa shape index (κ3) is 7.76. The van der Waals surface area contributed by atoms with Gasteiger partial charge in [-0.2, -0.15) is 0 Å². The monoisotopic (exact) mass is 621 g/mol. The smallest absolute Gasteiger partial charge is 0.460 e. The number of alkyl halides is 2. The van der Waals surface area contributed by atoms with E-state index in [1.54, 1.807) is 30.3 Å². The van der Waals surface area contributed by atoms with E-state index in [9.17, 15) is 23.2 Å². The van der Waals surface area contributed by atoms with E-state index in [-0.39, 0.29) is 29.3 Å². The molecule has 0 spiro atoms. The Labute approximate surface area is 260 Å². The molecule has 1 fully saturated rings. The lowest BCUT2D eigenvalue weighted by Gasteiger charge is -2.19. The summed E-state index contributed by atoms with van der Waals surface area (Å²) in [6.45, 7) is 7.88. The van der Waals surface area contributed by atoms with Crippen molar-refractivity contribution in [3.05, 3.63) is 71.3 Å². The first-order valence-corrected chi connectivity index (χ1v) is 15.0. The van der Waals surface area contributed by atoms with Gasteiger partial charge in [-0.05, 0) is 94.8 Å². The second-order valence-electron chi connectivity index (χ2n) is 12.5. The van der Waals surface area contributed by atoms with Crippen LogP contribution in [0.1, 0.15) is 80.8 Å². The van der Waals surface area contributed by atoms with Crippen molar-refractivity contribution >= 4 is 23.6 Å². The standard InChI is InChI=1S/C34H37F2N3O6/c1-21-12-15-27(39-31(42)33(16-17-33)24-13-14-25-26(20-24)44-34(35,36)43-25)38-29(21)22-9-8-10-23(19-22)30(41)37-18-7-5-6-11-28(40)45-32(2,3)4/h8-10,12-15,19-20H,5-7,11,16-18H2,1-4H3,(H,37,41)(H,38,39,42). The van der Waals surface area contributed by atoms with Crippen LogP contribution in [0.5, 0.6) is 11.5 Å². The molecule has 0 radical (unpaired) electrons. The number of anilines is 1. The summed E-state index contributed by atoms with van der Waals surface area (Å²) in [5, 5.41) is 5.81. The summed E-state index contributed by atoms with van der Waals surface area (Å²) in [4.78, 5) is 42.8. The van der Waals surface area contributed by atoms with Gasteiger partial charge in [0.25, 0.3) is 5.91 Å². The Hall–Kier alpha value is -4.54. The highest BCUT2D eigenvalue weighted by Gasteiger charge is 2.53. The Morgan fingerprint density at radius 3 is 2.44 bits per heavy atom. The average Bonchev–Trinajstić information content (AvgIpc) is 3.72. The summed E-state index contributed by atoms with van der Waals surface area (Å²) in [7, 11) is 0. The molecular formula is C34H37F2N3O6. The number of nitrogens with one attached hydrogen (secondary N) is 2. The summed E-state index contributed by atoms with van der Waals surface area (Å²) < 4.78 is 41.4. The quantitative estimate of drug-likeness (QED) is 0.181. The predicted octanol–water partition coefficient (Wildman–Crippen LogP) is 6.68. The molecule has 0 atom stereocenters. The maximum atomic E-state index is 13.5. The number of halogens is 2. The van der Waals surface area contributed by atoms with Crippen molar-refractivity contribution in [2.75, 3.05) is 11.9 Å². The SMILES string of the molecule is Cc1ccc(NC(=O)C2(c3ccc4c(c3)OC(F)(F)O4)CC2)nc1-c1cccc(C(=O)NCCCCCC(=O)OC(C)(C)C)c1. The van der Waals surface area contributed by atoms with E-state index in [4.69, 9.17) is 4.74 Å². The third-order valence-corrected chi connectivity index (χ3v) is 7.64. The molecule has 0 bridgehead atoms. The minimum Gasteiger partial charge on any atom is -0.460 e. The molecule has 3 aromatic rings. The number of hydrogen-bond donors (Lipinski definition) is 2. The molecule has 9 nitrogen and oxygen atoms in total. The van der Waals surface area contributed by atoms with Crippen molar-refractivity contribution in [2.24, 2.45) is 0 Å². The molecule has 5 rings (SSSR count). The first-order chi connectivity index (χ1) is 21.2. The van der Waals surface area contributed by atoms with Gasteiger partial charge in [0.15, 0.2) is 11.5 Å². The van der Waals surface area contributed by atoms with Crippen LogP contribution in [0.2, 0.25) is 0 Å². The molecular weight excluding hydrogens is 584 g/mol. The number of carbonyl (C=O) groups is 3. The van der Waals surface area contributed by atoms with Crippen LogP contribution < -0.4 is 20.1 Å². The fourth-order valence-electron chi connectivity index (χ4n) is 5.22. The highest BCUT2D eigenvalue weighted by atomic mass is 19.3. The van der Waals surface area contributed by atoms with Crippen molar-refractivity contribution in [1.82, 2.24) is 10.3 Å². The third-order valence-electron chi connectivity index (χ3n) is 7.64. The summed E-state index contributed by atoms with van der Waals surface area (Å²) in [5.74, 6) is -0.578. The fourth-order valence-corrected chi connectivity index (χ4v) is 5.22. The summed E-state index contributed by atoms with van der Waals surface area (Å²) in [6, 6.07) is 15.1. The van der Waals surface area contributed by atoms with Crippen LogP contribution in [0.4, 0.5) is 14.6 Å². The second-order valence-corrected chi connectivity index (χ2v) is 12.5. The van der Waals surface area contributed by atoms with Crippen LogP contribution >= 0.6 is 0 Å². The summed E-state index contributed by atoms with van der Waals surface area (Å²) in [5.41, 5.74) is 1.84. The molecule has 11 heteroatoms. The van der Waals surface area contributed by atoms with Crippen molar-refractivity contribution in [3.63, 3.8) is 0 Å². The molecule has 1 aliphatic carbocycles. The van der Waals surface area contributed by atoms with Crippen molar-refractivity contribution in [1.29, 1.82) is 0 Å². The van der Waals surface area contributed by atoms with Gasteiger partial charge in [0.05, 0.1) is 11.1 Å². The van der Waals surface area contributed by atoms with E-state index >= 15 is 0 Å². The lowest BCUT2D eigenvalue weighted by Crippen LogP contribution is -2.28. The number of rotatable bonds is 11. The zero-order valence-electron chi connectivity index (χ0n) is 25.8. The molecule has 2 heterocycles. The van der Waals surface area contributed by atoms with Gasteiger partial charge in [-0.3, -0.25) is 14.4 Å². The van der Waals surface area contributed by atoms with Crippen molar-refractivity contribution in [2.45, 2.75) is 83.5 Å². The zero-order chi connectivity index (χ0) is 32.4. The topological polar surface area (TPSA) is 116 Å². The molecule has 1 aliphatic heterocycles. The number of nitrogens with zero attached hydrogens (tertiary/aromatic N) is 1. The number of amides is 2. The first kappa shape index (κ1) is 31.9. The van der Waals surface area contributed by atoms with Gasteiger partial charge in [0.2, 0.25) is 5.91 Å².